The lowest BCUT2D eigenvalue weighted by Gasteiger charge is -2.36. The van der Waals surface area contributed by atoms with E-state index >= 15 is 0 Å². The molecule has 1 fully saturated rings. The number of carbonyl (C=O) groups is 1. The molecule has 1 amide bonds. The Bertz CT molecular complexity index is 910. The fraction of sp³-hybridized carbons (Fsp3) is 0.333. The van der Waals surface area contributed by atoms with Crippen molar-refractivity contribution in [1.29, 1.82) is 0 Å². The van der Waals surface area contributed by atoms with Crippen LogP contribution in [0.1, 0.15) is 28.1 Å². The van der Waals surface area contributed by atoms with E-state index in [1.54, 1.807) is 0 Å². The maximum atomic E-state index is 13.3. The van der Waals surface area contributed by atoms with Gasteiger partial charge in [0.25, 0.3) is 5.91 Å². The lowest BCUT2D eigenvalue weighted by Crippen LogP contribution is -2.47. The fourth-order valence-corrected chi connectivity index (χ4v) is 4.25. The third-order valence-electron chi connectivity index (χ3n) is 5.09. The zero-order chi connectivity index (χ0) is 18.8. The number of thiophene rings is 1. The first kappa shape index (κ1) is 17.9. The SMILES string of the molecule is Cc1cccc(-n2ccc(N(C(=O)c3cccs3)C3CCN(C)CC3)n2)c1. The van der Waals surface area contributed by atoms with Crippen LogP contribution in [0.25, 0.3) is 5.69 Å². The number of nitrogens with zero attached hydrogens (tertiary/aromatic N) is 4. The highest BCUT2D eigenvalue weighted by atomic mass is 32.1. The number of piperidine rings is 1. The molecule has 3 heterocycles. The van der Waals surface area contributed by atoms with E-state index in [2.05, 4.69) is 31.0 Å². The van der Waals surface area contributed by atoms with Gasteiger partial charge in [-0.3, -0.25) is 9.69 Å². The number of aryl methyl sites for hydroxylation is 1. The van der Waals surface area contributed by atoms with Crippen molar-refractivity contribution in [3.63, 3.8) is 0 Å². The second kappa shape index (κ2) is 7.66. The monoisotopic (exact) mass is 380 g/mol. The maximum Gasteiger partial charge on any atom is 0.269 e. The molecule has 0 bridgehead atoms. The Morgan fingerprint density at radius 3 is 2.70 bits per heavy atom. The Kier molecular flexibility index (Phi) is 5.09. The molecule has 27 heavy (non-hydrogen) atoms. The van der Waals surface area contributed by atoms with E-state index in [0.29, 0.717) is 0 Å². The molecule has 5 nitrogen and oxygen atoms in total. The van der Waals surface area contributed by atoms with Crippen molar-refractivity contribution in [2.45, 2.75) is 25.8 Å². The van der Waals surface area contributed by atoms with E-state index in [4.69, 9.17) is 5.10 Å². The number of hydrogen-bond acceptors (Lipinski definition) is 4. The van der Waals surface area contributed by atoms with Gasteiger partial charge in [0, 0.05) is 18.3 Å². The molecule has 1 saturated heterocycles. The molecular weight excluding hydrogens is 356 g/mol. The minimum Gasteiger partial charge on any atom is -0.306 e. The van der Waals surface area contributed by atoms with Crippen LogP contribution < -0.4 is 4.90 Å². The number of amides is 1. The Labute approximate surface area is 163 Å². The number of carbonyl (C=O) groups excluding carboxylic acids is 1. The number of hydrogen-bond donors (Lipinski definition) is 0. The molecule has 1 aliphatic rings. The minimum atomic E-state index is 0.0500. The van der Waals surface area contributed by atoms with Gasteiger partial charge in [-0.15, -0.1) is 16.4 Å². The third-order valence-corrected chi connectivity index (χ3v) is 5.95. The summed E-state index contributed by atoms with van der Waals surface area (Å²) >= 11 is 1.49. The first-order chi connectivity index (χ1) is 13.1. The van der Waals surface area contributed by atoms with Crippen molar-refractivity contribution in [2.24, 2.45) is 0 Å². The highest BCUT2D eigenvalue weighted by molar-refractivity contribution is 7.12. The Hall–Kier alpha value is -2.44. The molecule has 0 N–H and O–H groups in total. The van der Waals surface area contributed by atoms with E-state index < -0.39 is 0 Å². The molecule has 140 valence electrons. The summed E-state index contributed by atoms with van der Waals surface area (Å²) in [6.07, 6.45) is 3.86. The lowest BCUT2D eigenvalue weighted by atomic mass is 10.0. The Morgan fingerprint density at radius 2 is 2.00 bits per heavy atom. The van der Waals surface area contributed by atoms with Crippen molar-refractivity contribution in [1.82, 2.24) is 14.7 Å². The van der Waals surface area contributed by atoms with Crippen molar-refractivity contribution >= 4 is 23.1 Å². The van der Waals surface area contributed by atoms with Crippen LogP contribution >= 0.6 is 11.3 Å². The zero-order valence-electron chi connectivity index (χ0n) is 15.7. The van der Waals surface area contributed by atoms with Gasteiger partial charge in [0.05, 0.1) is 10.6 Å². The van der Waals surface area contributed by atoms with Crippen LogP contribution in [-0.4, -0.2) is 46.8 Å². The summed E-state index contributed by atoms with van der Waals surface area (Å²) < 4.78 is 1.85. The van der Waals surface area contributed by atoms with Gasteiger partial charge >= 0.3 is 0 Å². The van der Waals surface area contributed by atoms with Gasteiger partial charge in [-0.25, -0.2) is 4.68 Å². The summed E-state index contributed by atoms with van der Waals surface area (Å²) in [6, 6.07) is 14.2. The summed E-state index contributed by atoms with van der Waals surface area (Å²) in [5.41, 5.74) is 2.19. The second-order valence-electron chi connectivity index (χ2n) is 7.14. The fourth-order valence-electron chi connectivity index (χ4n) is 3.59. The van der Waals surface area contributed by atoms with E-state index in [1.165, 1.54) is 16.9 Å². The predicted molar refractivity (Wildman–Crippen MR) is 110 cm³/mol. The Balaban J connectivity index is 1.67. The van der Waals surface area contributed by atoms with Crippen LogP contribution in [0.5, 0.6) is 0 Å². The molecule has 0 unspecified atom stereocenters. The van der Waals surface area contributed by atoms with Crippen LogP contribution in [0.4, 0.5) is 5.82 Å². The zero-order valence-corrected chi connectivity index (χ0v) is 16.5. The topological polar surface area (TPSA) is 41.4 Å². The van der Waals surface area contributed by atoms with Gasteiger partial charge in [-0.05, 0) is 69.0 Å². The summed E-state index contributed by atoms with van der Waals surface area (Å²) in [6.45, 7) is 4.06. The van der Waals surface area contributed by atoms with Crippen LogP contribution in [0.3, 0.4) is 0 Å². The molecule has 0 aliphatic carbocycles. The second-order valence-corrected chi connectivity index (χ2v) is 8.09. The van der Waals surface area contributed by atoms with E-state index in [0.717, 1.165) is 42.3 Å². The summed E-state index contributed by atoms with van der Waals surface area (Å²) in [5.74, 6) is 0.776. The maximum absolute atomic E-state index is 13.3. The van der Waals surface area contributed by atoms with Crippen LogP contribution in [-0.2, 0) is 0 Å². The largest absolute Gasteiger partial charge is 0.306 e. The molecule has 2 aromatic heterocycles. The molecule has 1 aromatic carbocycles. The molecule has 0 saturated carbocycles. The average molecular weight is 381 g/mol. The lowest BCUT2D eigenvalue weighted by molar-refractivity contribution is 0.0966. The highest BCUT2D eigenvalue weighted by Gasteiger charge is 2.31. The number of benzene rings is 1. The van der Waals surface area contributed by atoms with Gasteiger partial charge in [-0.1, -0.05) is 18.2 Å². The number of rotatable bonds is 4. The van der Waals surface area contributed by atoms with Crippen LogP contribution in [0, 0.1) is 6.92 Å². The van der Waals surface area contributed by atoms with Crippen molar-refractivity contribution in [3.8, 4) is 5.69 Å². The molecule has 1 aliphatic heterocycles. The average Bonchev–Trinajstić information content (AvgIpc) is 3.36. The molecule has 3 aromatic rings. The quantitative estimate of drug-likeness (QED) is 0.687. The van der Waals surface area contributed by atoms with E-state index in [1.807, 2.05) is 51.5 Å². The van der Waals surface area contributed by atoms with Gasteiger partial charge in [0.15, 0.2) is 5.82 Å². The molecule has 0 spiro atoms. The predicted octanol–water partition coefficient (Wildman–Crippen LogP) is 3.98. The molecular formula is C21H24N4OS. The molecule has 4 rings (SSSR count). The van der Waals surface area contributed by atoms with Crippen molar-refractivity contribution < 1.29 is 4.79 Å². The third kappa shape index (κ3) is 3.82. The number of aromatic nitrogens is 2. The summed E-state index contributed by atoms with van der Waals surface area (Å²) in [4.78, 5) is 18.2. The van der Waals surface area contributed by atoms with Crippen molar-refractivity contribution in [3.05, 3.63) is 64.5 Å². The standard InChI is InChI=1S/C21H24N4OS/c1-16-5-3-6-18(15-16)24-13-10-20(22-24)25(17-8-11-23(2)12-9-17)21(26)19-7-4-14-27-19/h3-7,10,13-15,17H,8-9,11-12H2,1-2H3. The van der Waals surface area contributed by atoms with Crippen molar-refractivity contribution in [2.75, 3.05) is 25.0 Å². The normalized spacial score (nSPS) is 15.8. The molecule has 6 heteroatoms. The van der Waals surface area contributed by atoms with Gasteiger partial charge < -0.3 is 4.90 Å². The summed E-state index contributed by atoms with van der Waals surface area (Å²) in [7, 11) is 2.13. The molecule has 0 atom stereocenters. The van der Waals surface area contributed by atoms with E-state index in [9.17, 15) is 4.79 Å². The van der Waals surface area contributed by atoms with E-state index in [-0.39, 0.29) is 11.9 Å². The first-order valence-corrected chi connectivity index (χ1v) is 10.2. The highest BCUT2D eigenvalue weighted by Crippen LogP contribution is 2.26. The molecule has 0 radical (unpaired) electrons. The number of likely N-dealkylation sites (tertiary alicyclic amines) is 1. The smallest absolute Gasteiger partial charge is 0.269 e. The van der Waals surface area contributed by atoms with Crippen LogP contribution in [0.2, 0.25) is 0 Å². The van der Waals surface area contributed by atoms with Gasteiger partial charge in [0.2, 0.25) is 0 Å². The first-order valence-electron chi connectivity index (χ1n) is 9.30. The number of anilines is 1. The summed E-state index contributed by atoms with van der Waals surface area (Å²) in [5, 5.41) is 6.71. The minimum absolute atomic E-state index is 0.0500. The van der Waals surface area contributed by atoms with Gasteiger partial charge in [-0.2, -0.15) is 0 Å². The van der Waals surface area contributed by atoms with Crippen LogP contribution in [0.15, 0.2) is 54.0 Å². The Morgan fingerprint density at radius 1 is 1.19 bits per heavy atom. The van der Waals surface area contributed by atoms with Gasteiger partial charge in [0.1, 0.15) is 0 Å².